The molecule has 1 fully saturated rings. The summed E-state index contributed by atoms with van der Waals surface area (Å²) in [7, 11) is 0. The smallest absolute Gasteiger partial charge is 0.257 e. The number of carbonyl (C=O) groups excluding carboxylic acids is 1. The molecule has 0 saturated carbocycles. The third-order valence-electron chi connectivity index (χ3n) is 5.02. The number of aryl methyl sites for hydroxylation is 1. The molecule has 26 heavy (non-hydrogen) atoms. The number of piperidine rings is 1. The Morgan fingerprint density at radius 1 is 1.35 bits per heavy atom. The fraction of sp³-hybridized carbons (Fsp3) is 0.500. The zero-order valence-electron chi connectivity index (χ0n) is 15.4. The lowest BCUT2D eigenvalue weighted by Crippen LogP contribution is -2.39. The lowest BCUT2D eigenvalue weighted by atomic mass is 9.96. The maximum absolute atomic E-state index is 12.8. The Balaban J connectivity index is 1.64. The topological polar surface area (TPSA) is 58.4 Å². The molecule has 0 bridgehead atoms. The van der Waals surface area contributed by atoms with Gasteiger partial charge in [0.1, 0.15) is 17.0 Å². The zero-order valence-corrected chi connectivity index (χ0v) is 16.2. The van der Waals surface area contributed by atoms with Gasteiger partial charge in [-0.15, -0.1) is 0 Å². The van der Waals surface area contributed by atoms with E-state index in [2.05, 4.69) is 22.3 Å². The standard InChI is InChI=1S/C20H26ClN3O2/c1-3-10-24-11-8-15(9-12-24)13-22-20(25)18-14(2)26-23-19(18)16-6-4-5-7-17(16)21/h4-7,15H,3,8-13H2,1-2H3,(H,22,25). The van der Waals surface area contributed by atoms with Crippen molar-refractivity contribution in [1.82, 2.24) is 15.4 Å². The second-order valence-corrected chi connectivity index (χ2v) is 7.34. The van der Waals surface area contributed by atoms with Gasteiger partial charge in [-0.3, -0.25) is 4.79 Å². The van der Waals surface area contributed by atoms with Gasteiger partial charge in [0.15, 0.2) is 0 Å². The lowest BCUT2D eigenvalue weighted by Gasteiger charge is -2.31. The van der Waals surface area contributed by atoms with E-state index in [4.69, 9.17) is 16.1 Å². The average molecular weight is 376 g/mol. The van der Waals surface area contributed by atoms with Crippen molar-refractivity contribution in [2.75, 3.05) is 26.2 Å². The van der Waals surface area contributed by atoms with Crippen molar-refractivity contribution in [3.8, 4) is 11.3 Å². The zero-order chi connectivity index (χ0) is 18.5. The summed E-state index contributed by atoms with van der Waals surface area (Å²) in [5.74, 6) is 0.890. The van der Waals surface area contributed by atoms with E-state index in [1.807, 2.05) is 18.2 Å². The highest BCUT2D eigenvalue weighted by atomic mass is 35.5. The Labute approximate surface area is 159 Å². The van der Waals surface area contributed by atoms with Gasteiger partial charge in [0, 0.05) is 12.1 Å². The minimum absolute atomic E-state index is 0.144. The Kier molecular flexibility index (Phi) is 6.33. The second kappa shape index (κ2) is 8.69. The van der Waals surface area contributed by atoms with Crippen molar-refractivity contribution in [1.29, 1.82) is 0 Å². The molecule has 1 aromatic heterocycles. The van der Waals surface area contributed by atoms with Crippen molar-refractivity contribution in [2.24, 2.45) is 5.92 Å². The highest BCUT2D eigenvalue weighted by Crippen LogP contribution is 2.31. The quantitative estimate of drug-likeness (QED) is 0.823. The molecule has 0 spiro atoms. The summed E-state index contributed by atoms with van der Waals surface area (Å²) in [4.78, 5) is 15.3. The van der Waals surface area contributed by atoms with Crippen molar-refractivity contribution in [3.05, 3.63) is 40.6 Å². The predicted octanol–water partition coefficient (Wildman–Crippen LogP) is 4.16. The normalized spacial score (nSPS) is 16.0. The lowest BCUT2D eigenvalue weighted by molar-refractivity contribution is 0.0935. The molecule has 5 nitrogen and oxygen atoms in total. The van der Waals surface area contributed by atoms with Gasteiger partial charge in [-0.05, 0) is 57.8 Å². The van der Waals surface area contributed by atoms with E-state index >= 15 is 0 Å². The molecule has 1 aliphatic rings. The summed E-state index contributed by atoms with van der Waals surface area (Å²) in [5, 5.41) is 7.69. The van der Waals surface area contributed by atoms with Gasteiger partial charge in [-0.2, -0.15) is 0 Å². The molecular weight excluding hydrogens is 350 g/mol. The largest absolute Gasteiger partial charge is 0.360 e. The van der Waals surface area contributed by atoms with Crippen molar-refractivity contribution in [2.45, 2.75) is 33.1 Å². The molecule has 0 unspecified atom stereocenters. The minimum atomic E-state index is -0.144. The van der Waals surface area contributed by atoms with E-state index in [9.17, 15) is 4.79 Å². The van der Waals surface area contributed by atoms with Crippen LogP contribution in [0.15, 0.2) is 28.8 Å². The highest BCUT2D eigenvalue weighted by Gasteiger charge is 2.24. The number of aromatic nitrogens is 1. The average Bonchev–Trinajstić information content (AvgIpc) is 3.03. The Hall–Kier alpha value is -1.85. The monoisotopic (exact) mass is 375 g/mol. The molecule has 1 saturated heterocycles. The molecule has 1 amide bonds. The minimum Gasteiger partial charge on any atom is -0.360 e. The molecule has 1 N–H and O–H groups in total. The molecule has 1 aromatic carbocycles. The van der Waals surface area contributed by atoms with Crippen LogP contribution in [-0.2, 0) is 0 Å². The van der Waals surface area contributed by atoms with Crippen molar-refractivity contribution < 1.29 is 9.32 Å². The Bertz CT molecular complexity index is 751. The number of nitrogens with one attached hydrogen (secondary N) is 1. The summed E-state index contributed by atoms with van der Waals surface area (Å²) in [5.41, 5.74) is 1.69. The maximum atomic E-state index is 12.8. The summed E-state index contributed by atoms with van der Waals surface area (Å²) in [6.07, 6.45) is 3.44. The molecule has 2 aromatic rings. The van der Waals surface area contributed by atoms with Crippen LogP contribution in [0.3, 0.4) is 0 Å². The Morgan fingerprint density at radius 2 is 2.08 bits per heavy atom. The van der Waals surface area contributed by atoms with Crippen LogP contribution in [0.5, 0.6) is 0 Å². The van der Waals surface area contributed by atoms with Crippen LogP contribution in [0.25, 0.3) is 11.3 Å². The van der Waals surface area contributed by atoms with Gasteiger partial charge in [0.05, 0.1) is 5.02 Å². The molecule has 0 atom stereocenters. The van der Waals surface area contributed by atoms with E-state index in [1.165, 1.54) is 13.0 Å². The number of rotatable bonds is 6. The molecule has 1 aliphatic heterocycles. The van der Waals surface area contributed by atoms with E-state index in [0.29, 0.717) is 40.1 Å². The first kappa shape index (κ1) is 18.9. The van der Waals surface area contributed by atoms with Crippen LogP contribution in [0.1, 0.15) is 42.3 Å². The van der Waals surface area contributed by atoms with Gasteiger partial charge < -0.3 is 14.7 Å². The number of nitrogens with zero attached hydrogens (tertiary/aromatic N) is 2. The van der Waals surface area contributed by atoms with Gasteiger partial charge in [-0.25, -0.2) is 0 Å². The molecule has 3 rings (SSSR count). The first-order valence-electron chi connectivity index (χ1n) is 9.31. The maximum Gasteiger partial charge on any atom is 0.257 e. The van der Waals surface area contributed by atoms with Crippen molar-refractivity contribution >= 4 is 17.5 Å². The molecular formula is C20H26ClN3O2. The number of amides is 1. The first-order valence-corrected chi connectivity index (χ1v) is 9.69. The summed E-state index contributed by atoms with van der Waals surface area (Å²) in [6.45, 7) is 8.05. The van der Waals surface area contributed by atoms with Crippen LogP contribution in [0, 0.1) is 12.8 Å². The number of benzene rings is 1. The van der Waals surface area contributed by atoms with E-state index in [1.54, 1.807) is 13.0 Å². The van der Waals surface area contributed by atoms with Gasteiger partial charge in [-0.1, -0.05) is 41.9 Å². The van der Waals surface area contributed by atoms with E-state index in [-0.39, 0.29) is 5.91 Å². The third-order valence-corrected chi connectivity index (χ3v) is 5.35. The number of halogens is 1. The highest BCUT2D eigenvalue weighted by molar-refractivity contribution is 6.33. The number of carbonyl (C=O) groups is 1. The van der Waals surface area contributed by atoms with Gasteiger partial charge in [0.2, 0.25) is 0 Å². The molecule has 0 aliphatic carbocycles. The first-order chi connectivity index (χ1) is 12.6. The van der Waals surface area contributed by atoms with Crippen LogP contribution in [0.2, 0.25) is 5.02 Å². The van der Waals surface area contributed by atoms with Crippen LogP contribution in [0.4, 0.5) is 0 Å². The molecule has 140 valence electrons. The summed E-state index contributed by atoms with van der Waals surface area (Å²) < 4.78 is 5.28. The summed E-state index contributed by atoms with van der Waals surface area (Å²) >= 11 is 6.26. The van der Waals surface area contributed by atoms with Crippen LogP contribution in [-0.4, -0.2) is 42.1 Å². The molecule has 2 heterocycles. The number of hydrogen-bond donors (Lipinski definition) is 1. The fourth-order valence-electron chi connectivity index (χ4n) is 3.53. The van der Waals surface area contributed by atoms with E-state index < -0.39 is 0 Å². The summed E-state index contributed by atoms with van der Waals surface area (Å²) in [6, 6.07) is 7.35. The SMILES string of the molecule is CCCN1CCC(CNC(=O)c2c(-c3ccccc3Cl)noc2C)CC1. The second-order valence-electron chi connectivity index (χ2n) is 6.94. The van der Waals surface area contributed by atoms with Gasteiger partial charge >= 0.3 is 0 Å². The fourth-order valence-corrected chi connectivity index (χ4v) is 3.76. The van der Waals surface area contributed by atoms with Crippen LogP contribution >= 0.6 is 11.6 Å². The number of likely N-dealkylation sites (tertiary alicyclic amines) is 1. The van der Waals surface area contributed by atoms with Crippen LogP contribution < -0.4 is 5.32 Å². The molecule has 0 radical (unpaired) electrons. The molecule has 6 heteroatoms. The van der Waals surface area contributed by atoms with Gasteiger partial charge in [0.25, 0.3) is 5.91 Å². The Morgan fingerprint density at radius 3 is 2.77 bits per heavy atom. The van der Waals surface area contributed by atoms with E-state index in [0.717, 1.165) is 25.9 Å². The van der Waals surface area contributed by atoms with Crippen molar-refractivity contribution in [3.63, 3.8) is 0 Å². The number of hydrogen-bond acceptors (Lipinski definition) is 4. The predicted molar refractivity (Wildman–Crippen MR) is 103 cm³/mol. The third kappa shape index (κ3) is 4.27.